The third-order valence-corrected chi connectivity index (χ3v) is 4.43. The molecule has 0 aromatic heterocycles. The van der Waals surface area contributed by atoms with Gasteiger partial charge in [0.1, 0.15) is 0 Å². The van der Waals surface area contributed by atoms with Gasteiger partial charge in [-0.3, -0.25) is 4.99 Å². The zero-order chi connectivity index (χ0) is 18.9. The molecule has 1 aliphatic rings. The second-order valence-corrected chi connectivity index (χ2v) is 6.82. The van der Waals surface area contributed by atoms with E-state index < -0.39 is 0 Å². The van der Waals surface area contributed by atoms with Gasteiger partial charge in [-0.15, -0.1) is 24.0 Å². The first-order valence-electron chi connectivity index (χ1n) is 10.1. The summed E-state index contributed by atoms with van der Waals surface area (Å²) < 4.78 is 16.2. The number of aliphatic imine (C=N–C) groups is 1. The van der Waals surface area contributed by atoms with Gasteiger partial charge in [0.05, 0.1) is 0 Å². The number of hydrogen-bond donors (Lipinski definition) is 2. The van der Waals surface area contributed by atoms with Gasteiger partial charge in [-0.05, 0) is 45.6 Å². The number of methoxy groups -OCH3 is 1. The minimum absolute atomic E-state index is 0. The Balaban J connectivity index is 0.00000676. The maximum atomic E-state index is 5.79. The fraction of sp³-hybridized carbons (Fsp3) is 0.947. The van der Waals surface area contributed by atoms with Crippen LogP contribution < -0.4 is 10.6 Å². The summed E-state index contributed by atoms with van der Waals surface area (Å²) in [5, 5.41) is 6.69. The van der Waals surface area contributed by atoms with Gasteiger partial charge in [0.25, 0.3) is 0 Å². The van der Waals surface area contributed by atoms with E-state index in [1.807, 2.05) is 0 Å². The van der Waals surface area contributed by atoms with Crippen molar-refractivity contribution >= 4 is 29.9 Å². The molecule has 7 nitrogen and oxygen atoms in total. The van der Waals surface area contributed by atoms with Gasteiger partial charge in [0, 0.05) is 72.9 Å². The number of guanidine groups is 1. The predicted octanol–water partition coefficient (Wildman–Crippen LogP) is 1.96. The Labute approximate surface area is 183 Å². The van der Waals surface area contributed by atoms with E-state index in [1.54, 1.807) is 7.11 Å². The van der Waals surface area contributed by atoms with Gasteiger partial charge in [0.15, 0.2) is 5.96 Å². The summed E-state index contributed by atoms with van der Waals surface area (Å²) in [6, 6.07) is 0. The first-order valence-corrected chi connectivity index (χ1v) is 10.1. The van der Waals surface area contributed by atoms with Crippen LogP contribution in [0.2, 0.25) is 0 Å². The quantitative estimate of drug-likeness (QED) is 0.165. The lowest BCUT2D eigenvalue weighted by Crippen LogP contribution is -2.41. The standard InChI is InChI=1S/C19H40N4O3.HI/c1-4-20-19(22-10-12-23(2)11-6-13-24-3)21-9-5-14-26-17-18-7-15-25-16-8-18;/h18H,4-17H2,1-3H3,(H2,20,21,22);1H. The molecule has 1 aliphatic heterocycles. The van der Waals surface area contributed by atoms with E-state index in [9.17, 15) is 0 Å². The molecule has 27 heavy (non-hydrogen) atoms. The average molecular weight is 500 g/mol. The molecule has 0 saturated carbocycles. The van der Waals surface area contributed by atoms with Crippen LogP contribution in [0.4, 0.5) is 0 Å². The number of rotatable bonds is 14. The Bertz CT molecular complexity index is 356. The van der Waals surface area contributed by atoms with Crippen molar-refractivity contribution in [3.05, 3.63) is 0 Å². The summed E-state index contributed by atoms with van der Waals surface area (Å²) in [6.07, 6.45) is 4.28. The highest BCUT2D eigenvalue weighted by Crippen LogP contribution is 2.14. The molecule has 1 saturated heterocycles. The van der Waals surface area contributed by atoms with E-state index in [2.05, 4.69) is 34.5 Å². The van der Waals surface area contributed by atoms with Crippen LogP contribution in [0.15, 0.2) is 4.99 Å². The first-order chi connectivity index (χ1) is 12.8. The summed E-state index contributed by atoms with van der Waals surface area (Å²) in [5.41, 5.74) is 0. The lowest BCUT2D eigenvalue weighted by molar-refractivity contribution is 0.0205. The van der Waals surface area contributed by atoms with Crippen molar-refractivity contribution in [3.8, 4) is 0 Å². The zero-order valence-electron chi connectivity index (χ0n) is 17.5. The molecule has 2 N–H and O–H groups in total. The van der Waals surface area contributed by atoms with Crippen LogP contribution in [0.5, 0.6) is 0 Å². The molecular formula is C19H41IN4O3. The molecule has 0 radical (unpaired) electrons. The van der Waals surface area contributed by atoms with Gasteiger partial charge >= 0.3 is 0 Å². The van der Waals surface area contributed by atoms with Crippen LogP contribution in [0.1, 0.15) is 32.6 Å². The van der Waals surface area contributed by atoms with Crippen LogP contribution in [0.3, 0.4) is 0 Å². The smallest absolute Gasteiger partial charge is 0.191 e. The van der Waals surface area contributed by atoms with Crippen molar-refractivity contribution < 1.29 is 14.2 Å². The summed E-state index contributed by atoms with van der Waals surface area (Å²) in [7, 11) is 3.88. The van der Waals surface area contributed by atoms with Crippen LogP contribution in [0.25, 0.3) is 0 Å². The Kier molecular flexibility index (Phi) is 19.1. The summed E-state index contributed by atoms with van der Waals surface area (Å²) in [6.45, 7) is 10.9. The number of ether oxygens (including phenoxy) is 3. The monoisotopic (exact) mass is 500 g/mol. The van der Waals surface area contributed by atoms with Crippen LogP contribution in [-0.4, -0.2) is 90.8 Å². The molecule has 8 heteroatoms. The lowest BCUT2D eigenvalue weighted by atomic mass is 10.0. The van der Waals surface area contributed by atoms with Crippen LogP contribution >= 0.6 is 24.0 Å². The van der Waals surface area contributed by atoms with E-state index in [4.69, 9.17) is 14.2 Å². The largest absolute Gasteiger partial charge is 0.385 e. The molecule has 0 unspecified atom stereocenters. The van der Waals surface area contributed by atoms with E-state index in [0.29, 0.717) is 5.92 Å². The van der Waals surface area contributed by atoms with Gasteiger partial charge in [-0.2, -0.15) is 0 Å². The zero-order valence-corrected chi connectivity index (χ0v) is 19.8. The topological polar surface area (TPSA) is 67.4 Å². The summed E-state index contributed by atoms with van der Waals surface area (Å²) in [4.78, 5) is 6.93. The second-order valence-electron chi connectivity index (χ2n) is 6.82. The van der Waals surface area contributed by atoms with Crippen molar-refractivity contribution in [1.82, 2.24) is 15.5 Å². The normalized spacial score (nSPS) is 15.6. The molecule has 0 atom stereocenters. The maximum Gasteiger partial charge on any atom is 0.191 e. The van der Waals surface area contributed by atoms with Gasteiger partial charge in [-0.25, -0.2) is 0 Å². The van der Waals surface area contributed by atoms with E-state index in [-0.39, 0.29) is 24.0 Å². The molecule has 0 aromatic carbocycles. The van der Waals surface area contributed by atoms with E-state index in [1.165, 1.54) is 0 Å². The highest BCUT2D eigenvalue weighted by atomic mass is 127. The Morgan fingerprint density at radius 2 is 1.93 bits per heavy atom. The first kappa shape index (κ1) is 26.8. The summed E-state index contributed by atoms with van der Waals surface area (Å²) >= 11 is 0. The van der Waals surface area contributed by atoms with Crippen molar-refractivity contribution in [3.63, 3.8) is 0 Å². The Morgan fingerprint density at radius 1 is 1.15 bits per heavy atom. The molecule has 0 amide bonds. The van der Waals surface area contributed by atoms with Crippen molar-refractivity contribution in [1.29, 1.82) is 0 Å². The van der Waals surface area contributed by atoms with Crippen molar-refractivity contribution in [2.45, 2.75) is 32.6 Å². The number of nitrogens with zero attached hydrogens (tertiary/aromatic N) is 2. The Hall–Kier alpha value is -0.160. The lowest BCUT2D eigenvalue weighted by Gasteiger charge is -2.21. The van der Waals surface area contributed by atoms with Gasteiger partial charge < -0.3 is 29.7 Å². The SMILES string of the molecule is CCNC(=NCCCOCC1CCOCC1)NCCN(C)CCCOC.I. The van der Waals surface area contributed by atoms with Crippen molar-refractivity contribution in [2.24, 2.45) is 10.9 Å². The molecule has 0 aliphatic carbocycles. The highest BCUT2D eigenvalue weighted by molar-refractivity contribution is 14.0. The Morgan fingerprint density at radius 3 is 2.63 bits per heavy atom. The number of hydrogen-bond acceptors (Lipinski definition) is 5. The molecule has 0 aromatic rings. The number of likely N-dealkylation sites (N-methyl/N-ethyl adjacent to an activating group) is 1. The van der Waals surface area contributed by atoms with E-state index in [0.717, 1.165) is 97.4 Å². The van der Waals surface area contributed by atoms with Gasteiger partial charge in [0.2, 0.25) is 0 Å². The third kappa shape index (κ3) is 15.4. The molecule has 0 spiro atoms. The average Bonchev–Trinajstić information content (AvgIpc) is 2.65. The van der Waals surface area contributed by atoms with Crippen LogP contribution in [-0.2, 0) is 14.2 Å². The predicted molar refractivity (Wildman–Crippen MR) is 122 cm³/mol. The minimum Gasteiger partial charge on any atom is -0.385 e. The maximum absolute atomic E-state index is 5.79. The fourth-order valence-electron chi connectivity index (χ4n) is 2.82. The van der Waals surface area contributed by atoms with Gasteiger partial charge in [-0.1, -0.05) is 0 Å². The molecule has 0 bridgehead atoms. The molecular weight excluding hydrogens is 459 g/mol. The number of halogens is 1. The van der Waals surface area contributed by atoms with Crippen molar-refractivity contribution in [2.75, 3.05) is 79.9 Å². The highest BCUT2D eigenvalue weighted by Gasteiger charge is 2.13. The molecule has 1 heterocycles. The minimum atomic E-state index is 0. The molecule has 1 rings (SSSR count). The second kappa shape index (κ2) is 19.2. The summed E-state index contributed by atoms with van der Waals surface area (Å²) in [5.74, 6) is 1.56. The third-order valence-electron chi connectivity index (χ3n) is 4.43. The van der Waals surface area contributed by atoms with E-state index >= 15 is 0 Å². The molecule has 1 fully saturated rings. The number of nitrogens with one attached hydrogen (secondary N) is 2. The van der Waals surface area contributed by atoms with Crippen LogP contribution in [0, 0.1) is 5.92 Å². The fourth-order valence-corrected chi connectivity index (χ4v) is 2.82. The molecule has 162 valence electrons.